The van der Waals surface area contributed by atoms with Crippen molar-refractivity contribution in [2.75, 3.05) is 0 Å². The van der Waals surface area contributed by atoms with Crippen molar-refractivity contribution in [2.24, 2.45) is 10.9 Å². The minimum atomic E-state index is 0.0792. The standard InChI is InChI=1S/C14H22N4O/c1-3-12-7-6-10(2)18(12)9-11-5-4-8-16-13(11)14(15)17-19/h4-5,8,10,12,19H,3,6-7,9H2,1-2H3,(H2,15,17). The molecule has 0 aromatic carbocycles. The van der Waals surface area contributed by atoms with Crippen LogP contribution in [0.15, 0.2) is 23.5 Å². The molecular formula is C14H22N4O. The highest BCUT2D eigenvalue weighted by molar-refractivity contribution is 5.96. The van der Waals surface area contributed by atoms with Crippen molar-refractivity contribution in [1.82, 2.24) is 9.88 Å². The lowest BCUT2D eigenvalue weighted by atomic mass is 10.1. The van der Waals surface area contributed by atoms with Crippen LogP contribution in [0.1, 0.15) is 44.4 Å². The maximum Gasteiger partial charge on any atom is 0.189 e. The number of nitrogens with two attached hydrogens (primary N) is 1. The van der Waals surface area contributed by atoms with Gasteiger partial charge in [-0.25, -0.2) is 0 Å². The highest BCUT2D eigenvalue weighted by Crippen LogP contribution is 2.28. The Kier molecular flexibility index (Phi) is 4.37. The Labute approximate surface area is 114 Å². The number of rotatable bonds is 4. The number of aromatic nitrogens is 1. The first kappa shape index (κ1) is 13.8. The Morgan fingerprint density at radius 3 is 3.05 bits per heavy atom. The van der Waals surface area contributed by atoms with Crippen LogP contribution in [0.3, 0.4) is 0 Å². The molecule has 2 heterocycles. The topological polar surface area (TPSA) is 74.7 Å². The second kappa shape index (κ2) is 6.02. The smallest absolute Gasteiger partial charge is 0.189 e. The second-order valence-electron chi connectivity index (χ2n) is 5.16. The molecule has 1 aromatic rings. The molecule has 0 spiro atoms. The molecule has 1 aromatic heterocycles. The Hall–Kier alpha value is -1.62. The van der Waals surface area contributed by atoms with Crippen LogP contribution >= 0.6 is 0 Å². The molecule has 1 aliphatic heterocycles. The fraction of sp³-hybridized carbons (Fsp3) is 0.571. The summed E-state index contributed by atoms with van der Waals surface area (Å²) >= 11 is 0. The largest absolute Gasteiger partial charge is 0.409 e. The average molecular weight is 262 g/mol. The SMILES string of the molecule is CCC1CCC(C)N1Cc1cccnc1/C(N)=N/O. The minimum absolute atomic E-state index is 0.0792. The molecule has 0 amide bonds. The minimum Gasteiger partial charge on any atom is -0.409 e. The zero-order valence-electron chi connectivity index (χ0n) is 11.6. The Balaban J connectivity index is 2.23. The first-order chi connectivity index (χ1) is 9.17. The summed E-state index contributed by atoms with van der Waals surface area (Å²) in [5.41, 5.74) is 7.29. The van der Waals surface area contributed by atoms with Gasteiger partial charge in [-0.15, -0.1) is 0 Å². The van der Waals surface area contributed by atoms with Gasteiger partial charge in [0, 0.05) is 24.8 Å². The maximum atomic E-state index is 8.83. The van der Waals surface area contributed by atoms with E-state index in [4.69, 9.17) is 10.9 Å². The van der Waals surface area contributed by atoms with Crippen molar-refractivity contribution in [3.8, 4) is 0 Å². The molecular weight excluding hydrogens is 240 g/mol. The van der Waals surface area contributed by atoms with Crippen LogP contribution in [0.4, 0.5) is 0 Å². The van der Waals surface area contributed by atoms with E-state index in [1.165, 1.54) is 12.8 Å². The quantitative estimate of drug-likeness (QED) is 0.376. The van der Waals surface area contributed by atoms with Crippen LogP contribution in [0.2, 0.25) is 0 Å². The van der Waals surface area contributed by atoms with Crippen LogP contribution in [0.25, 0.3) is 0 Å². The Bertz CT molecular complexity index is 461. The number of amidine groups is 1. The molecule has 0 saturated carbocycles. The Morgan fingerprint density at radius 2 is 2.37 bits per heavy atom. The lowest BCUT2D eigenvalue weighted by Crippen LogP contribution is -2.34. The van der Waals surface area contributed by atoms with Gasteiger partial charge in [-0.05, 0) is 37.8 Å². The van der Waals surface area contributed by atoms with E-state index in [-0.39, 0.29) is 5.84 Å². The van der Waals surface area contributed by atoms with Gasteiger partial charge in [0.1, 0.15) is 5.69 Å². The van der Waals surface area contributed by atoms with Crippen molar-refractivity contribution in [3.05, 3.63) is 29.6 Å². The zero-order chi connectivity index (χ0) is 13.8. The lowest BCUT2D eigenvalue weighted by molar-refractivity contribution is 0.189. The molecule has 2 unspecified atom stereocenters. The van der Waals surface area contributed by atoms with Crippen LogP contribution < -0.4 is 5.73 Å². The number of hydrogen-bond donors (Lipinski definition) is 2. The molecule has 0 aliphatic carbocycles. The normalized spacial score (nSPS) is 24.8. The number of nitrogens with zero attached hydrogens (tertiary/aromatic N) is 3. The van der Waals surface area contributed by atoms with E-state index < -0.39 is 0 Å². The molecule has 1 aliphatic rings. The predicted octanol–water partition coefficient (Wildman–Crippen LogP) is 1.94. The highest BCUT2D eigenvalue weighted by Gasteiger charge is 2.29. The molecule has 3 N–H and O–H groups in total. The summed E-state index contributed by atoms with van der Waals surface area (Å²) in [6, 6.07) is 5.09. The molecule has 0 radical (unpaired) electrons. The van der Waals surface area contributed by atoms with Gasteiger partial charge in [-0.3, -0.25) is 9.88 Å². The van der Waals surface area contributed by atoms with E-state index in [1.54, 1.807) is 6.20 Å². The van der Waals surface area contributed by atoms with Gasteiger partial charge in [0.25, 0.3) is 0 Å². The number of likely N-dealkylation sites (tertiary alicyclic amines) is 1. The van der Waals surface area contributed by atoms with Gasteiger partial charge in [-0.1, -0.05) is 18.1 Å². The highest BCUT2D eigenvalue weighted by atomic mass is 16.4. The van der Waals surface area contributed by atoms with Gasteiger partial charge in [0.15, 0.2) is 5.84 Å². The summed E-state index contributed by atoms with van der Waals surface area (Å²) in [5, 5.41) is 11.9. The lowest BCUT2D eigenvalue weighted by Gasteiger charge is -2.28. The van der Waals surface area contributed by atoms with Gasteiger partial charge < -0.3 is 10.9 Å². The fourth-order valence-corrected chi connectivity index (χ4v) is 2.89. The van der Waals surface area contributed by atoms with Gasteiger partial charge in [0.05, 0.1) is 0 Å². The molecule has 2 rings (SSSR count). The van der Waals surface area contributed by atoms with E-state index in [1.807, 2.05) is 12.1 Å². The average Bonchev–Trinajstić information content (AvgIpc) is 2.79. The Morgan fingerprint density at radius 1 is 1.58 bits per heavy atom. The summed E-state index contributed by atoms with van der Waals surface area (Å²) in [4.78, 5) is 6.72. The molecule has 104 valence electrons. The third-order valence-electron chi connectivity index (χ3n) is 4.02. The van der Waals surface area contributed by atoms with E-state index in [0.717, 1.165) is 18.5 Å². The second-order valence-corrected chi connectivity index (χ2v) is 5.16. The first-order valence-corrected chi connectivity index (χ1v) is 6.84. The molecule has 0 bridgehead atoms. The maximum absolute atomic E-state index is 8.83. The molecule has 2 atom stereocenters. The van der Waals surface area contributed by atoms with Crippen molar-refractivity contribution >= 4 is 5.84 Å². The van der Waals surface area contributed by atoms with Crippen molar-refractivity contribution in [1.29, 1.82) is 0 Å². The summed E-state index contributed by atoms with van der Waals surface area (Å²) < 4.78 is 0. The fourth-order valence-electron chi connectivity index (χ4n) is 2.89. The van der Waals surface area contributed by atoms with Crippen molar-refractivity contribution < 1.29 is 5.21 Å². The zero-order valence-corrected chi connectivity index (χ0v) is 11.6. The first-order valence-electron chi connectivity index (χ1n) is 6.84. The van der Waals surface area contributed by atoms with Crippen LogP contribution in [0, 0.1) is 0 Å². The van der Waals surface area contributed by atoms with Crippen LogP contribution in [0.5, 0.6) is 0 Å². The molecule has 1 fully saturated rings. The monoisotopic (exact) mass is 262 g/mol. The van der Waals surface area contributed by atoms with Crippen molar-refractivity contribution in [2.45, 2.75) is 51.7 Å². The molecule has 1 saturated heterocycles. The van der Waals surface area contributed by atoms with E-state index in [0.29, 0.717) is 17.8 Å². The van der Waals surface area contributed by atoms with Gasteiger partial charge >= 0.3 is 0 Å². The summed E-state index contributed by atoms with van der Waals surface area (Å²) in [5.74, 6) is 0.0792. The van der Waals surface area contributed by atoms with Gasteiger partial charge in [0.2, 0.25) is 0 Å². The van der Waals surface area contributed by atoms with E-state index >= 15 is 0 Å². The van der Waals surface area contributed by atoms with Gasteiger partial charge in [-0.2, -0.15) is 0 Å². The summed E-state index contributed by atoms with van der Waals surface area (Å²) in [6.45, 7) is 5.29. The summed E-state index contributed by atoms with van der Waals surface area (Å²) in [7, 11) is 0. The number of pyridine rings is 1. The number of hydrogen-bond acceptors (Lipinski definition) is 4. The molecule has 5 heteroatoms. The van der Waals surface area contributed by atoms with Crippen LogP contribution in [-0.2, 0) is 6.54 Å². The third kappa shape index (κ3) is 2.87. The molecule has 5 nitrogen and oxygen atoms in total. The van der Waals surface area contributed by atoms with Crippen LogP contribution in [-0.4, -0.2) is 33.0 Å². The van der Waals surface area contributed by atoms with E-state index in [9.17, 15) is 0 Å². The summed E-state index contributed by atoms with van der Waals surface area (Å²) in [6.07, 6.45) is 5.31. The number of oxime groups is 1. The predicted molar refractivity (Wildman–Crippen MR) is 75.1 cm³/mol. The third-order valence-corrected chi connectivity index (χ3v) is 4.02. The molecule has 19 heavy (non-hydrogen) atoms. The van der Waals surface area contributed by atoms with E-state index in [2.05, 4.69) is 28.9 Å². The van der Waals surface area contributed by atoms with Crippen molar-refractivity contribution in [3.63, 3.8) is 0 Å².